The van der Waals surface area contributed by atoms with Gasteiger partial charge < -0.3 is 15.2 Å². The Morgan fingerprint density at radius 3 is 2.63 bits per heavy atom. The van der Waals surface area contributed by atoms with E-state index < -0.39 is 5.60 Å². The maximum atomic E-state index is 10.6. The van der Waals surface area contributed by atoms with Gasteiger partial charge in [0.05, 0.1) is 6.10 Å². The first-order valence-electron chi connectivity index (χ1n) is 8.00. The Kier molecular flexibility index (Phi) is 4.91. The van der Waals surface area contributed by atoms with E-state index >= 15 is 0 Å². The van der Waals surface area contributed by atoms with Crippen molar-refractivity contribution in [3.63, 3.8) is 0 Å². The van der Waals surface area contributed by atoms with Crippen molar-refractivity contribution in [3.05, 3.63) is 0 Å². The highest BCUT2D eigenvalue weighted by molar-refractivity contribution is 4.94. The Bertz CT molecular complexity index is 294. The van der Waals surface area contributed by atoms with E-state index in [9.17, 15) is 5.11 Å². The van der Waals surface area contributed by atoms with Gasteiger partial charge in [-0.2, -0.15) is 0 Å². The Morgan fingerprint density at radius 1 is 1.32 bits per heavy atom. The van der Waals surface area contributed by atoms with Crippen LogP contribution < -0.4 is 5.32 Å². The van der Waals surface area contributed by atoms with Crippen molar-refractivity contribution in [1.29, 1.82) is 0 Å². The molecule has 1 heterocycles. The minimum absolute atomic E-state index is 0.0430. The van der Waals surface area contributed by atoms with Crippen molar-refractivity contribution < 1.29 is 9.84 Å². The number of aliphatic hydroxyl groups is 1. The third-order valence-corrected chi connectivity index (χ3v) is 5.35. The topological polar surface area (TPSA) is 41.5 Å². The van der Waals surface area contributed by atoms with E-state index in [0.717, 1.165) is 24.2 Å². The largest absolute Gasteiger partial charge is 0.386 e. The van der Waals surface area contributed by atoms with Crippen LogP contribution in [-0.4, -0.2) is 36.0 Å². The van der Waals surface area contributed by atoms with Gasteiger partial charge >= 0.3 is 0 Å². The molecule has 0 aromatic heterocycles. The summed E-state index contributed by atoms with van der Waals surface area (Å²) in [6.07, 6.45) is 4.63. The molecule has 5 unspecified atom stereocenters. The van der Waals surface area contributed by atoms with Crippen LogP contribution in [0.25, 0.3) is 0 Å². The number of rotatable bonds is 4. The quantitative estimate of drug-likeness (QED) is 0.824. The van der Waals surface area contributed by atoms with Crippen molar-refractivity contribution in [2.45, 2.75) is 71.1 Å². The number of ether oxygens (including phenoxy) is 1. The standard InChI is InChI=1S/C16H31NO2/c1-11(2)14-6-5-12(3)9-15(14)17-10-16(18)7-8-19-13(16)4/h11-15,17-18H,5-10H2,1-4H3. The molecule has 2 fully saturated rings. The molecular formula is C16H31NO2. The highest BCUT2D eigenvalue weighted by Crippen LogP contribution is 2.34. The van der Waals surface area contributed by atoms with Gasteiger partial charge in [-0.05, 0) is 37.5 Å². The average molecular weight is 269 g/mol. The summed E-state index contributed by atoms with van der Waals surface area (Å²) in [5.74, 6) is 2.27. The van der Waals surface area contributed by atoms with E-state index in [2.05, 4.69) is 26.1 Å². The van der Waals surface area contributed by atoms with Gasteiger partial charge in [-0.3, -0.25) is 0 Å². The van der Waals surface area contributed by atoms with E-state index in [1.165, 1.54) is 19.3 Å². The minimum atomic E-state index is -0.664. The Morgan fingerprint density at radius 2 is 2.05 bits per heavy atom. The van der Waals surface area contributed by atoms with Gasteiger partial charge in [0.2, 0.25) is 0 Å². The summed E-state index contributed by atoms with van der Waals surface area (Å²) in [7, 11) is 0. The smallest absolute Gasteiger partial charge is 0.105 e. The van der Waals surface area contributed by atoms with Gasteiger partial charge in [-0.25, -0.2) is 0 Å². The van der Waals surface area contributed by atoms with Gasteiger partial charge in [0.25, 0.3) is 0 Å². The maximum absolute atomic E-state index is 10.6. The molecule has 0 radical (unpaired) electrons. The van der Waals surface area contributed by atoms with Crippen molar-refractivity contribution in [3.8, 4) is 0 Å². The third-order valence-electron chi connectivity index (χ3n) is 5.35. The molecule has 5 atom stereocenters. The third kappa shape index (κ3) is 3.50. The molecule has 2 aliphatic rings. The number of hydrogen-bond donors (Lipinski definition) is 2. The van der Waals surface area contributed by atoms with Crippen LogP contribution in [0.15, 0.2) is 0 Å². The van der Waals surface area contributed by atoms with Crippen LogP contribution in [0.2, 0.25) is 0 Å². The second-order valence-electron chi connectivity index (χ2n) is 7.18. The summed E-state index contributed by atoms with van der Waals surface area (Å²) in [6.45, 7) is 10.3. The zero-order chi connectivity index (χ0) is 14.0. The lowest BCUT2D eigenvalue weighted by atomic mass is 9.74. The van der Waals surface area contributed by atoms with E-state index in [4.69, 9.17) is 4.74 Å². The molecular weight excluding hydrogens is 238 g/mol. The van der Waals surface area contributed by atoms with Crippen LogP contribution in [0.5, 0.6) is 0 Å². The van der Waals surface area contributed by atoms with Crippen molar-refractivity contribution in [2.24, 2.45) is 17.8 Å². The zero-order valence-electron chi connectivity index (χ0n) is 13.0. The summed E-state index contributed by atoms with van der Waals surface area (Å²) >= 11 is 0. The number of hydrogen-bond acceptors (Lipinski definition) is 3. The molecule has 1 aliphatic carbocycles. The molecule has 0 bridgehead atoms. The lowest BCUT2D eigenvalue weighted by molar-refractivity contribution is -0.0308. The molecule has 0 spiro atoms. The molecule has 1 saturated carbocycles. The summed E-state index contributed by atoms with van der Waals surface area (Å²) in [4.78, 5) is 0. The average Bonchev–Trinajstić information content (AvgIpc) is 2.67. The molecule has 3 nitrogen and oxygen atoms in total. The first-order valence-corrected chi connectivity index (χ1v) is 8.00. The number of nitrogens with one attached hydrogen (secondary N) is 1. The fraction of sp³-hybridized carbons (Fsp3) is 1.00. The van der Waals surface area contributed by atoms with E-state index in [1.807, 2.05) is 6.92 Å². The summed E-state index contributed by atoms with van der Waals surface area (Å²) in [5, 5.41) is 14.3. The molecule has 1 aliphatic heterocycles. The Labute approximate surface area is 118 Å². The molecule has 112 valence electrons. The Hall–Kier alpha value is -0.120. The van der Waals surface area contributed by atoms with E-state index in [-0.39, 0.29) is 6.10 Å². The molecule has 2 N–H and O–H groups in total. The second kappa shape index (κ2) is 6.11. The maximum Gasteiger partial charge on any atom is 0.105 e. The fourth-order valence-electron chi connectivity index (χ4n) is 3.75. The molecule has 0 aromatic rings. The van der Waals surface area contributed by atoms with Gasteiger partial charge in [0.1, 0.15) is 5.60 Å². The summed E-state index contributed by atoms with van der Waals surface area (Å²) in [6, 6.07) is 0.556. The molecule has 19 heavy (non-hydrogen) atoms. The van der Waals surface area contributed by atoms with Gasteiger partial charge in [0.15, 0.2) is 0 Å². The molecule has 2 rings (SSSR count). The monoisotopic (exact) mass is 269 g/mol. The normalized spacial score (nSPS) is 43.9. The predicted octanol–water partition coefficient (Wildman–Crippen LogP) is 2.58. The lowest BCUT2D eigenvalue weighted by Crippen LogP contribution is -2.52. The van der Waals surface area contributed by atoms with Crippen LogP contribution in [0.4, 0.5) is 0 Å². The fourth-order valence-corrected chi connectivity index (χ4v) is 3.75. The molecule has 0 amide bonds. The zero-order valence-corrected chi connectivity index (χ0v) is 13.0. The molecule has 1 saturated heterocycles. The van der Waals surface area contributed by atoms with Crippen LogP contribution in [0.1, 0.15) is 53.4 Å². The van der Waals surface area contributed by atoms with Crippen LogP contribution >= 0.6 is 0 Å². The molecule has 0 aromatic carbocycles. The van der Waals surface area contributed by atoms with Crippen LogP contribution in [0, 0.1) is 17.8 Å². The molecule has 3 heteroatoms. The highest BCUT2D eigenvalue weighted by Gasteiger charge is 2.40. The highest BCUT2D eigenvalue weighted by atomic mass is 16.5. The van der Waals surface area contributed by atoms with Gasteiger partial charge in [-0.1, -0.05) is 27.2 Å². The first-order chi connectivity index (χ1) is 8.92. The predicted molar refractivity (Wildman–Crippen MR) is 78.1 cm³/mol. The van der Waals surface area contributed by atoms with Crippen molar-refractivity contribution >= 4 is 0 Å². The first kappa shape index (κ1) is 15.3. The lowest BCUT2D eigenvalue weighted by Gasteiger charge is -2.39. The van der Waals surface area contributed by atoms with Crippen molar-refractivity contribution in [1.82, 2.24) is 5.32 Å². The summed E-state index contributed by atoms with van der Waals surface area (Å²) in [5.41, 5.74) is -0.664. The second-order valence-corrected chi connectivity index (χ2v) is 7.18. The van der Waals surface area contributed by atoms with Crippen molar-refractivity contribution in [2.75, 3.05) is 13.2 Å². The Balaban J connectivity index is 1.92. The van der Waals surface area contributed by atoms with Gasteiger partial charge in [0, 0.05) is 25.6 Å². The van der Waals surface area contributed by atoms with E-state index in [0.29, 0.717) is 19.2 Å². The minimum Gasteiger partial charge on any atom is -0.386 e. The van der Waals surface area contributed by atoms with Crippen LogP contribution in [-0.2, 0) is 4.74 Å². The van der Waals surface area contributed by atoms with Crippen LogP contribution in [0.3, 0.4) is 0 Å². The van der Waals surface area contributed by atoms with Gasteiger partial charge in [-0.15, -0.1) is 0 Å². The SMILES string of the molecule is CC1CCC(C(C)C)C(NCC2(O)CCOC2C)C1. The summed E-state index contributed by atoms with van der Waals surface area (Å²) < 4.78 is 5.51. The van der Waals surface area contributed by atoms with E-state index in [1.54, 1.807) is 0 Å².